The van der Waals surface area contributed by atoms with Gasteiger partial charge in [0.15, 0.2) is 5.96 Å². The summed E-state index contributed by atoms with van der Waals surface area (Å²) in [7, 11) is 0. The van der Waals surface area contributed by atoms with Gasteiger partial charge in [-0.1, -0.05) is 19.1 Å². The molecule has 1 aromatic carbocycles. The molecule has 0 saturated carbocycles. The highest BCUT2D eigenvalue weighted by Gasteiger charge is 2.28. The number of nitrogens with one attached hydrogen (secondary N) is 2. The van der Waals surface area contributed by atoms with Gasteiger partial charge < -0.3 is 20.3 Å². The molecule has 0 bridgehead atoms. The van der Waals surface area contributed by atoms with Crippen LogP contribution in [0.5, 0.6) is 0 Å². The minimum Gasteiger partial charge on any atom is -0.466 e. The van der Waals surface area contributed by atoms with Crippen molar-refractivity contribution in [1.82, 2.24) is 15.5 Å². The quantitative estimate of drug-likeness (QED) is 0.387. The second-order valence-corrected chi connectivity index (χ2v) is 7.69. The molecule has 1 fully saturated rings. The lowest BCUT2D eigenvalue weighted by Crippen LogP contribution is -2.48. The summed E-state index contributed by atoms with van der Waals surface area (Å²) in [6, 6.07) is 7.73. The summed E-state index contributed by atoms with van der Waals surface area (Å²) in [5.41, 5.74) is 1.62. The van der Waals surface area contributed by atoms with Gasteiger partial charge in [-0.2, -0.15) is 0 Å². The number of amides is 1. The third-order valence-corrected chi connectivity index (χ3v) is 5.27. The molecule has 30 heavy (non-hydrogen) atoms. The van der Waals surface area contributed by atoms with E-state index in [1.807, 2.05) is 52.0 Å². The molecule has 1 aliphatic rings. The van der Waals surface area contributed by atoms with E-state index in [2.05, 4.69) is 15.5 Å². The minimum atomic E-state index is -0.127. The van der Waals surface area contributed by atoms with Crippen LogP contribution >= 0.6 is 0 Å². The summed E-state index contributed by atoms with van der Waals surface area (Å²) in [5.74, 6) is 0.490. The maximum atomic E-state index is 12.4. The van der Waals surface area contributed by atoms with Crippen molar-refractivity contribution >= 4 is 17.8 Å². The van der Waals surface area contributed by atoms with Gasteiger partial charge in [0.2, 0.25) is 0 Å². The number of benzene rings is 1. The van der Waals surface area contributed by atoms with E-state index < -0.39 is 0 Å². The Hall–Kier alpha value is -2.57. The molecule has 0 aromatic heterocycles. The van der Waals surface area contributed by atoms with E-state index in [9.17, 15) is 9.59 Å². The van der Waals surface area contributed by atoms with Gasteiger partial charge in [0.25, 0.3) is 5.91 Å². The van der Waals surface area contributed by atoms with Crippen LogP contribution < -0.4 is 10.6 Å². The molecule has 2 N–H and O–H groups in total. The van der Waals surface area contributed by atoms with Crippen molar-refractivity contribution in [2.45, 2.75) is 59.5 Å². The predicted octanol–water partition coefficient (Wildman–Crippen LogP) is 2.96. The van der Waals surface area contributed by atoms with E-state index >= 15 is 0 Å². The van der Waals surface area contributed by atoms with E-state index in [0.29, 0.717) is 25.3 Å². The van der Waals surface area contributed by atoms with Crippen molar-refractivity contribution in [3.8, 4) is 0 Å². The van der Waals surface area contributed by atoms with E-state index in [1.165, 1.54) is 0 Å². The summed E-state index contributed by atoms with van der Waals surface area (Å²) in [6.45, 7) is 11.0. The molecule has 1 amide bonds. The van der Waals surface area contributed by atoms with Gasteiger partial charge in [-0.25, -0.2) is 4.99 Å². The Morgan fingerprint density at radius 1 is 1.30 bits per heavy atom. The topological polar surface area (TPSA) is 83.0 Å². The van der Waals surface area contributed by atoms with Crippen LogP contribution in [0.2, 0.25) is 0 Å². The van der Waals surface area contributed by atoms with Gasteiger partial charge in [-0.3, -0.25) is 9.59 Å². The lowest BCUT2D eigenvalue weighted by Gasteiger charge is -2.34. The minimum absolute atomic E-state index is 0.0598. The van der Waals surface area contributed by atoms with Crippen LogP contribution in [0.15, 0.2) is 29.3 Å². The molecule has 7 nitrogen and oxygen atoms in total. The van der Waals surface area contributed by atoms with E-state index in [-0.39, 0.29) is 23.8 Å². The zero-order valence-corrected chi connectivity index (χ0v) is 18.7. The normalized spacial score (nSPS) is 17.9. The highest BCUT2D eigenvalue weighted by molar-refractivity contribution is 5.94. The number of guanidine groups is 1. The van der Waals surface area contributed by atoms with Crippen molar-refractivity contribution in [2.75, 3.05) is 26.2 Å². The van der Waals surface area contributed by atoms with Crippen molar-refractivity contribution in [2.24, 2.45) is 10.9 Å². The fourth-order valence-corrected chi connectivity index (χ4v) is 3.43. The largest absolute Gasteiger partial charge is 0.466 e. The number of rotatable bonds is 8. The number of carbonyl (C=O) groups is 2. The lowest BCUT2D eigenvalue weighted by atomic mass is 9.98. The summed E-state index contributed by atoms with van der Waals surface area (Å²) in [4.78, 5) is 31.5. The number of piperidine rings is 1. The molecule has 0 aliphatic carbocycles. The monoisotopic (exact) mass is 416 g/mol. The van der Waals surface area contributed by atoms with Crippen LogP contribution in [0.1, 0.15) is 62.9 Å². The first-order chi connectivity index (χ1) is 14.5. The zero-order chi connectivity index (χ0) is 21.9. The molecule has 2 atom stereocenters. The third-order valence-electron chi connectivity index (χ3n) is 5.27. The van der Waals surface area contributed by atoms with Crippen LogP contribution in [-0.2, 0) is 16.1 Å². The van der Waals surface area contributed by atoms with Gasteiger partial charge in [0.1, 0.15) is 0 Å². The van der Waals surface area contributed by atoms with Crippen LogP contribution in [0.3, 0.4) is 0 Å². The average molecular weight is 417 g/mol. The molecule has 1 aromatic rings. The number of hydrogen-bond donors (Lipinski definition) is 2. The van der Waals surface area contributed by atoms with Crippen molar-refractivity contribution in [1.29, 1.82) is 0 Å². The summed E-state index contributed by atoms with van der Waals surface area (Å²) < 4.78 is 5.21. The van der Waals surface area contributed by atoms with Crippen LogP contribution in [-0.4, -0.2) is 55.0 Å². The average Bonchev–Trinajstić information content (AvgIpc) is 2.77. The Labute approximate surface area is 180 Å². The maximum absolute atomic E-state index is 12.4. The molecule has 1 heterocycles. The Morgan fingerprint density at radius 3 is 2.80 bits per heavy atom. The highest BCUT2D eigenvalue weighted by atomic mass is 16.5. The van der Waals surface area contributed by atoms with Crippen LogP contribution in [0.25, 0.3) is 0 Å². The first-order valence-corrected chi connectivity index (χ1v) is 11.1. The molecular formula is C23H36N4O3. The summed E-state index contributed by atoms with van der Waals surface area (Å²) in [5, 5.41) is 6.33. The smallest absolute Gasteiger partial charge is 0.310 e. The fourth-order valence-electron chi connectivity index (χ4n) is 3.43. The first kappa shape index (κ1) is 23.7. The Kier molecular flexibility index (Phi) is 9.64. The van der Waals surface area contributed by atoms with Gasteiger partial charge in [0.05, 0.1) is 19.1 Å². The van der Waals surface area contributed by atoms with E-state index in [1.54, 1.807) is 0 Å². The molecule has 1 saturated heterocycles. The summed E-state index contributed by atoms with van der Waals surface area (Å²) in [6.07, 6.45) is 2.67. The number of aliphatic imine (C=N–C) groups is 1. The number of likely N-dealkylation sites (tertiary alicyclic amines) is 1. The zero-order valence-electron chi connectivity index (χ0n) is 18.7. The van der Waals surface area contributed by atoms with Crippen LogP contribution in [0, 0.1) is 5.92 Å². The SMILES string of the molecule is CCNC(=NCc1cccc(C(=O)NC(C)CC)c1)N1CCCC(C(=O)OCC)C1. The van der Waals surface area contributed by atoms with Crippen molar-refractivity contribution < 1.29 is 14.3 Å². The molecule has 2 unspecified atom stereocenters. The lowest BCUT2D eigenvalue weighted by molar-refractivity contribution is -0.149. The second-order valence-electron chi connectivity index (χ2n) is 7.69. The van der Waals surface area contributed by atoms with Gasteiger partial charge >= 0.3 is 5.97 Å². The Morgan fingerprint density at radius 2 is 2.10 bits per heavy atom. The third kappa shape index (κ3) is 7.04. The van der Waals surface area contributed by atoms with Crippen molar-refractivity contribution in [3.63, 3.8) is 0 Å². The van der Waals surface area contributed by atoms with E-state index in [4.69, 9.17) is 9.73 Å². The maximum Gasteiger partial charge on any atom is 0.310 e. The highest BCUT2D eigenvalue weighted by Crippen LogP contribution is 2.18. The molecule has 7 heteroatoms. The Balaban J connectivity index is 2.08. The predicted molar refractivity (Wildman–Crippen MR) is 119 cm³/mol. The number of ether oxygens (including phenoxy) is 1. The Bertz CT molecular complexity index is 735. The second kappa shape index (κ2) is 12.2. The molecule has 166 valence electrons. The van der Waals surface area contributed by atoms with Gasteiger partial charge in [-0.15, -0.1) is 0 Å². The van der Waals surface area contributed by atoms with Crippen molar-refractivity contribution in [3.05, 3.63) is 35.4 Å². The fraction of sp³-hybridized carbons (Fsp3) is 0.609. The number of esters is 1. The molecule has 0 radical (unpaired) electrons. The molecule has 1 aliphatic heterocycles. The molecule has 0 spiro atoms. The number of hydrogen-bond acceptors (Lipinski definition) is 4. The standard InChI is InChI=1S/C23H36N4O3/c1-5-17(4)26-21(28)19-11-8-10-18(14-19)15-25-23(24-6-2)27-13-9-12-20(16-27)22(29)30-7-3/h8,10-11,14,17,20H,5-7,9,12-13,15-16H2,1-4H3,(H,24,25)(H,26,28). The first-order valence-electron chi connectivity index (χ1n) is 11.1. The van der Waals surface area contributed by atoms with E-state index in [0.717, 1.165) is 43.9 Å². The number of nitrogens with zero attached hydrogens (tertiary/aromatic N) is 2. The molecule has 2 rings (SSSR count). The molecular weight excluding hydrogens is 380 g/mol. The number of carbonyl (C=O) groups excluding carboxylic acids is 2. The van der Waals surface area contributed by atoms with Gasteiger partial charge in [0, 0.05) is 31.2 Å². The van der Waals surface area contributed by atoms with Crippen LogP contribution in [0.4, 0.5) is 0 Å². The van der Waals surface area contributed by atoms with Gasteiger partial charge in [-0.05, 0) is 57.7 Å². The summed E-state index contributed by atoms with van der Waals surface area (Å²) >= 11 is 0.